The molecule has 1 amide bonds. The molecule has 0 aromatic heterocycles. The van der Waals surface area contributed by atoms with Crippen LogP contribution in [0.25, 0.3) is 0 Å². The summed E-state index contributed by atoms with van der Waals surface area (Å²) in [6.45, 7) is 4.99. The number of nitrogens with two attached hydrogens (primary N) is 1. The van der Waals surface area contributed by atoms with Gasteiger partial charge in [-0.3, -0.25) is 4.79 Å². The van der Waals surface area contributed by atoms with E-state index in [1.165, 1.54) is 0 Å². The first-order chi connectivity index (χ1) is 8.15. The van der Waals surface area contributed by atoms with Crippen molar-refractivity contribution >= 4 is 27.5 Å². The lowest BCUT2D eigenvalue weighted by Gasteiger charge is -2.08. The van der Waals surface area contributed by atoms with E-state index in [0.717, 1.165) is 36.2 Å². The summed E-state index contributed by atoms with van der Waals surface area (Å²) in [5.41, 5.74) is 6.71. The molecule has 0 fully saturated rings. The second-order valence-electron chi connectivity index (χ2n) is 3.69. The summed E-state index contributed by atoms with van der Waals surface area (Å²) in [4.78, 5) is 11.0. The lowest BCUT2D eigenvalue weighted by atomic mass is 10.2. The van der Waals surface area contributed by atoms with Crippen LogP contribution in [-0.4, -0.2) is 25.5 Å². The van der Waals surface area contributed by atoms with Gasteiger partial charge in [-0.2, -0.15) is 0 Å². The average molecular weight is 300 g/mol. The van der Waals surface area contributed by atoms with E-state index in [2.05, 4.69) is 33.5 Å². The van der Waals surface area contributed by atoms with Gasteiger partial charge in [0, 0.05) is 16.7 Å². The molecule has 0 bridgehead atoms. The fraction of sp³-hybridized carbons (Fsp3) is 0.417. The van der Waals surface area contributed by atoms with Crippen LogP contribution in [-0.2, 0) is 0 Å². The maximum Gasteiger partial charge on any atom is 0.249 e. The van der Waals surface area contributed by atoms with Crippen molar-refractivity contribution < 1.29 is 4.79 Å². The van der Waals surface area contributed by atoms with Gasteiger partial charge in [0.2, 0.25) is 5.91 Å². The lowest BCUT2D eigenvalue weighted by Crippen LogP contribution is -2.17. The molecule has 17 heavy (non-hydrogen) atoms. The summed E-state index contributed by atoms with van der Waals surface area (Å²) >= 11 is 3.33. The van der Waals surface area contributed by atoms with Crippen molar-refractivity contribution in [2.75, 3.05) is 25.0 Å². The van der Waals surface area contributed by atoms with Gasteiger partial charge in [-0.05, 0) is 53.6 Å². The Labute approximate surface area is 110 Å². The fourth-order valence-corrected chi connectivity index (χ4v) is 2.02. The Morgan fingerprint density at radius 1 is 1.41 bits per heavy atom. The topological polar surface area (TPSA) is 67.2 Å². The minimum absolute atomic E-state index is 0.421. The van der Waals surface area contributed by atoms with Crippen LogP contribution in [0.1, 0.15) is 23.7 Å². The molecule has 0 atom stereocenters. The SMILES string of the molecule is CCNCCCNc1ccc(C(N)=O)c(Br)c1. The Morgan fingerprint density at radius 3 is 2.76 bits per heavy atom. The Balaban J connectivity index is 2.45. The maximum absolute atomic E-state index is 11.0. The highest BCUT2D eigenvalue weighted by Crippen LogP contribution is 2.21. The molecule has 0 saturated carbocycles. The predicted octanol–water partition coefficient (Wildman–Crippen LogP) is 1.96. The van der Waals surface area contributed by atoms with E-state index >= 15 is 0 Å². The molecule has 0 radical (unpaired) electrons. The Bertz CT molecular complexity index is 382. The van der Waals surface area contributed by atoms with E-state index < -0.39 is 5.91 Å². The molecule has 0 aliphatic heterocycles. The van der Waals surface area contributed by atoms with E-state index in [1.807, 2.05) is 12.1 Å². The first-order valence-electron chi connectivity index (χ1n) is 5.69. The van der Waals surface area contributed by atoms with Gasteiger partial charge in [-0.25, -0.2) is 0 Å². The van der Waals surface area contributed by atoms with Gasteiger partial charge < -0.3 is 16.4 Å². The number of nitrogens with one attached hydrogen (secondary N) is 2. The summed E-state index contributed by atoms with van der Waals surface area (Å²) in [5, 5.41) is 6.55. The third-order valence-corrected chi connectivity index (χ3v) is 3.00. The van der Waals surface area contributed by atoms with Crippen LogP contribution in [0.4, 0.5) is 5.69 Å². The van der Waals surface area contributed by atoms with Crippen molar-refractivity contribution in [3.8, 4) is 0 Å². The molecule has 1 aromatic carbocycles. The van der Waals surface area contributed by atoms with Crippen LogP contribution in [0.5, 0.6) is 0 Å². The summed E-state index contributed by atoms with van der Waals surface area (Å²) in [5.74, 6) is -0.421. The van der Waals surface area contributed by atoms with E-state index in [9.17, 15) is 4.79 Å². The van der Waals surface area contributed by atoms with Crippen LogP contribution < -0.4 is 16.4 Å². The average Bonchev–Trinajstić information content (AvgIpc) is 2.28. The van der Waals surface area contributed by atoms with Gasteiger partial charge >= 0.3 is 0 Å². The molecule has 4 nitrogen and oxygen atoms in total. The zero-order chi connectivity index (χ0) is 12.7. The van der Waals surface area contributed by atoms with E-state index in [0.29, 0.717) is 5.56 Å². The number of rotatable bonds is 7. The number of carbonyl (C=O) groups excluding carboxylic acids is 1. The molecule has 4 N–H and O–H groups in total. The van der Waals surface area contributed by atoms with Gasteiger partial charge in [0.15, 0.2) is 0 Å². The van der Waals surface area contributed by atoms with Gasteiger partial charge in [0.05, 0.1) is 5.56 Å². The fourth-order valence-electron chi connectivity index (χ4n) is 1.45. The molecule has 0 unspecified atom stereocenters. The van der Waals surface area contributed by atoms with E-state index in [1.54, 1.807) is 6.07 Å². The molecule has 1 rings (SSSR count). The highest BCUT2D eigenvalue weighted by molar-refractivity contribution is 9.10. The largest absolute Gasteiger partial charge is 0.385 e. The number of amides is 1. The van der Waals surface area contributed by atoms with Crippen molar-refractivity contribution in [2.45, 2.75) is 13.3 Å². The molecular weight excluding hydrogens is 282 g/mol. The van der Waals surface area contributed by atoms with Crippen molar-refractivity contribution in [2.24, 2.45) is 5.73 Å². The molecule has 94 valence electrons. The number of benzene rings is 1. The zero-order valence-electron chi connectivity index (χ0n) is 9.92. The first-order valence-corrected chi connectivity index (χ1v) is 6.48. The van der Waals surface area contributed by atoms with Gasteiger partial charge in [0.1, 0.15) is 0 Å². The lowest BCUT2D eigenvalue weighted by molar-refractivity contribution is 0.0999. The van der Waals surface area contributed by atoms with Gasteiger partial charge in [-0.15, -0.1) is 0 Å². The van der Waals surface area contributed by atoms with Crippen LogP contribution in [0, 0.1) is 0 Å². The quantitative estimate of drug-likeness (QED) is 0.674. The van der Waals surface area contributed by atoms with Crippen molar-refractivity contribution in [1.29, 1.82) is 0 Å². The number of anilines is 1. The van der Waals surface area contributed by atoms with Crippen LogP contribution in [0.3, 0.4) is 0 Å². The highest BCUT2D eigenvalue weighted by atomic mass is 79.9. The summed E-state index contributed by atoms with van der Waals surface area (Å²) in [7, 11) is 0. The maximum atomic E-state index is 11.0. The summed E-state index contributed by atoms with van der Waals surface area (Å²) in [6.07, 6.45) is 1.06. The number of halogens is 1. The Hall–Kier alpha value is -1.07. The van der Waals surface area contributed by atoms with Crippen molar-refractivity contribution in [3.63, 3.8) is 0 Å². The zero-order valence-corrected chi connectivity index (χ0v) is 11.5. The smallest absolute Gasteiger partial charge is 0.249 e. The minimum atomic E-state index is -0.421. The predicted molar refractivity (Wildman–Crippen MR) is 74.3 cm³/mol. The number of carbonyl (C=O) groups is 1. The third-order valence-electron chi connectivity index (χ3n) is 2.34. The summed E-state index contributed by atoms with van der Waals surface area (Å²) < 4.78 is 0.724. The standard InChI is InChI=1S/C12H18BrN3O/c1-2-15-6-3-7-16-9-4-5-10(12(14)17)11(13)8-9/h4-5,8,15-16H,2-3,6-7H2,1H3,(H2,14,17). The van der Waals surface area contributed by atoms with E-state index in [4.69, 9.17) is 5.73 Å². The molecule has 0 aliphatic carbocycles. The van der Waals surface area contributed by atoms with Crippen LogP contribution in [0.15, 0.2) is 22.7 Å². The van der Waals surface area contributed by atoms with Gasteiger partial charge in [-0.1, -0.05) is 6.92 Å². The normalized spacial score (nSPS) is 10.2. The molecule has 0 spiro atoms. The van der Waals surface area contributed by atoms with Crippen LogP contribution >= 0.6 is 15.9 Å². The number of primary amides is 1. The molecule has 5 heteroatoms. The van der Waals surface area contributed by atoms with E-state index in [-0.39, 0.29) is 0 Å². The van der Waals surface area contributed by atoms with Crippen LogP contribution in [0.2, 0.25) is 0 Å². The first kappa shape index (κ1) is 14.0. The van der Waals surface area contributed by atoms with Crippen molar-refractivity contribution in [1.82, 2.24) is 5.32 Å². The third kappa shape index (κ3) is 4.75. The molecule has 0 saturated heterocycles. The second-order valence-corrected chi connectivity index (χ2v) is 4.55. The number of hydrogen-bond donors (Lipinski definition) is 3. The molecule has 0 heterocycles. The Morgan fingerprint density at radius 2 is 2.18 bits per heavy atom. The second kappa shape index (κ2) is 7.29. The molecule has 0 aliphatic rings. The molecular formula is C12H18BrN3O. The Kier molecular flexibility index (Phi) is 6.00. The highest BCUT2D eigenvalue weighted by Gasteiger charge is 2.05. The van der Waals surface area contributed by atoms with Crippen molar-refractivity contribution in [3.05, 3.63) is 28.2 Å². The monoisotopic (exact) mass is 299 g/mol. The summed E-state index contributed by atoms with van der Waals surface area (Å²) in [6, 6.07) is 5.45. The minimum Gasteiger partial charge on any atom is -0.385 e. The number of hydrogen-bond acceptors (Lipinski definition) is 3. The molecule has 1 aromatic rings. The van der Waals surface area contributed by atoms with Gasteiger partial charge in [0.25, 0.3) is 0 Å².